The van der Waals surface area contributed by atoms with Crippen LogP contribution in [0, 0.1) is 5.92 Å². The predicted octanol–water partition coefficient (Wildman–Crippen LogP) is 1.17. The Morgan fingerprint density at radius 2 is 2.29 bits per heavy atom. The van der Waals surface area contributed by atoms with Crippen molar-refractivity contribution in [3.63, 3.8) is 0 Å². The maximum atomic E-state index is 12.4. The van der Waals surface area contributed by atoms with E-state index in [0.717, 1.165) is 11.3 Å². The number of nitrogens with one attached hydrogen (secondary N) is 1. The van der Waals surface area contributed by atoms with Crippen molar-refractivity contribution < 1.29 is 24.2 Å². The van der Waals surface area contributed by atoms with Gasteiger partial charge in [-0.3, -0.25) is 14.3 Å². The predicted molar refractivity (Wildman–Crippen MR) is 84.2 cm³/mol. The largest absolute Gasteiger partial charge is 0.497 e. The average molecular weight is 331 g/mol. The lowest BCUT2D eigenvalue weighted by Gasteiger charge is -2.24. The summed E-state index contributed by atoms with van der Waals surface area (Å²) < 4.78 is 12.0. The van der Waals surface area contributed by atoms with Crippen molar-refractivity contribution in [1.29, 1.82) is 0 Å². The van der Waals surface area contributed by atoms with Crippen LogP contribution in [0.15, 0.2) is 30.5 Å². The maximum Gasteiger partial charge on any atom is 0.325 e. The van der Waals surface area contributed by atoms with Crippen molar-refractivity contribution in [2.45, 2.75) is 13.0 Å². The number of carbonyl (C=O) groups is 2. The van der Waals surface area contributed by atoms with Crippen molar-refractivity contribution in [1.82, 2.24) is 9.78 Å². The van der Waals surface area contributed by atoms with Gasteiger partial charge < -0.3 is 19.9 Å². The second-order valence-corrected chi connectivity index (χ2v) is 5.47. The molecule has 0 aliphatic carbocycles. The number of anilines is 1. The molecule has 24 heavy (non-hydrogen) atoms. The zero-order chi connectivity index (χ0) is 17.1. The van der Waals surface area contributed by atoms with Gasteiger partial charge in [0.25, 0.3) is 0 Å². The van der Waals surface area contributed by atoms with E-state index in [1.807, 2.05) is 12.1 Å². The van der Waals surface area contributed by atoms with Gasteiger partial charge in [0.15, 0.2) is 5.82 Å². The van der Waals surface area contributed by atoms with Crippen molar-refractivity contribution >= 4 is 17.7 Å². The number of benzene rings is 1. The number of fused-ring (bicyclic) bond motifs is 1. The average Bonchev–Trinajstić information content (AvgIpc) is 2.99. The van der Waals surface area contributed by atoms with Crippen LogP contribution < -0.4 is 14.8 Å². The van der Waals surface area contributed by atoms with Gasteiger partial charge in [0, 0.05) is 18.3 Å². The number of amides is 1. The summed E-state index contributed by atoms with van der Waals surface area (Å²) in [4.78, 5) is 23.0. The highest BCUT2D eigenvalue weighted by molar-refractivity contribution is 5.92. The Labute approximate surface area is 138 Å². The van der Waals surface area contributed by atoms with Crippen LogP contribution in [0.4, 0.5) is 5.82 Å². The fourth-order valence-corrected chi connectivity index (χ4v) is 2.53. The summed E-state index contributed by atoms with van der Waals surface area (Å²) in [6.07, 6.45) is 2.06. The number of carbonyl (C=O) groups excluding carboxylic acids is 1. The van der Waals surface area contributed by atoms with Crippen molar-refractivity contribution in [3.05, 3.63) is 36.0 Å². The van der Waals surface area contributed by atoms with Gasteiger partial charge in [-0.2, -0.15) is 5.10 Å². The van der Waals surface area contributed by atoms with E-state index in [2.05, 4.69) is 10.4 Å². The molecule has 2 aromatic rings. The molecule has 1 amide bonds. The molecule has 0 fully saturated rings. The summed E-state index contributed by atoms with van der Waals surface area (Å²) >= 11 is 0. The number of aliphatic carboxylic acids is 1. The highest BCUT2D eigenvalue weighted by atomic mass is 16.5. The van der Waals surface area contributed by atoms with Gasteiger partial charge in [-0.1, -0.05) is 6.07 Å². The first kappa shape index (κ1) is 15.9. The van der Waals surface area contributed by atoms with E-state index < -0.39 is 5.97 Å². The number of carboxylic acid groups (broad SMARTS) is 1. The second kappa shape index (κ2) is 6.61. The number of methoxy groups -OCH3 is 1. The zero-order valence-electron chi connectivity index (χ0n) is 13.1. The summed E-state index contributed by atoms with van der Waals surface area (Å²) in [6, 6.07) is 7.07. The molecule has 8 nitrogen and oxygen atoms in total. The molecule has 0 unspecified atom stereocenters. The highest BCUT2D eigenvalue weighted by Gasteiger charge is 2.26. The van der Waals surface area contributed by atoms with E-state index in [4.69, 9.17) is 14.6 Å². The third kappa shape index (κ3) is 3.48. The molecule has 1 aromatic carbocycles. The Hall–Kier alpha value is -3.03. The van der Waals surface area contributed by atoms with Crippen LogP contribution in [0.3, 0.4) is 0 Å². The lowest BCUT2D eigenvalue weighted by molar-refractivity contribution is -0.137. The molecule has 126 valence electrons. The van der Waals surface area contributed by atoms with Crippen LogP contribution >= 0.6 is 0 Å². The topological polar surface area (TPSA) is 103 Å². The molecule has 1 aromatic heterocycles. The third-order valence-electron chi connectivity index (χ3n) is 3.74. The molecule has 1 atom stereocenters. The van der Waals surface area contributed by atoms with Gasteiger partial charge in [0.2, 0.25) is 5.91 Å². The molecule has 0 saturated carbocycles. The van der Waals surface area contributed by atoms with E-state index in [0.29, 0.717) is 18.0 Å². The van der Waals surface area contributed by atoms with Gasteiger partial charge >= 0.3 is 5.97 Å². The molecule has 0 radical (unpaired) electrons. The Bertz CT molecular complexity index is 771. The highest BCUT2D eigenvalue weighted by Crippen LogP contribution is 2.31. The Kier molecular flexibility index (Phi) is 4.37. The molecule has 0 saturated heterocycles. The SMILES string of the molecule is COc1ccc2c(c1)OC[C@H](C(=O)Nc1ccn(CC(=O)O)n1)C2. The summed E-state index contributed by atoms with van der Waals surface area (Å²) in [7, 11) is 1.59. The molecule has 0 spiro atoms. The van der Waals surface area contributed by atoms with E-state index >= 15 is 0 Å². The molecule has 2 N–H and O–H groups in total. The van der Waals surface area contributed by atoms with Gasteiger partial charge in [-0.05, 0) is 18.1 Å². The van der Waals surface area contributed by atoms with Crippen molar-refractivity contribution in [3.8, 4) is 11.5 Å². The van der Waals surface area contributed by atoms with Crippen LogP contribution in [-0.2, 0) is 22.6 Å². The first-order valence-electron chi connectivity index (χ1n) is 7.41. The third-order valence-corrected chi connectivity index (χ3v) is 3.74. The van der Waals surface area contributed by atoms with Crippen molar-refractivity contribution in [2.24, 2.45) is 5.92 Å². The molecule has 3 rings (SSSR count). The summed E-state index contributed by atoms with van der Waals surface area (Å²) in [5, 5.41) is 15.4. The molecule has 0 bridgehead atoms. The van der Waals surface area contributed by atoms with Crippen LogP contribution in [-0.4, -0.2) is 40.5 Å². The molecule has 2 heterocycles. The first-order chi connectivity index (χ1) is 11.5. The lowest BCUT2D eigenvalue weighted by atomic mass is 9.96. The van der Waals surface area contributed by atoms with E-state index in [9.17, 15) is 9.59 Å². The number of rotatable bonds is 5. The monoisotopic (exact) mass is 331 g/mol. The second-order valence-electron chi connectivity index (χ2n) is 5.47. The zero-order valence-corrected chi connectivity index (χ0v) is 13.1. The standard InChI is InChI=1S/C16H17N3O5/c1-23-12-3-2-10-6-11(9-24-13(10)7-12)16(22)17-14-4-5-19(18-14)8-15(20)21/h2-5,7,11H,6,8-9H2,1H3,(H,20,21)(H,17,18,22)/t11-/m1/s1. The fraction of sp³-hybridized carbons (Fsp3) is 0.312. The van der Waals surface area contributed by atoms with Crippen LogP contribution in [0.25, 0.3) is 0 Å². The number of hydrogen-bond donors (Lipinski definition) is 2. The summed E-state index contributed by atoms with van der Waals surface area (Å²) in [5.41, 5.74) is 0.943. The van der Waals surface area contributed by atoms with Gasteiger partial charge in [0.1, 0.15) is 24.7 Å². The molecule has 8 heteroatoms. The minimum atomic E-state index is -0.997. The van der Waals surface area contributed by atoms with Crippen LogP contribution in [0.5, 0.6) is 11.5 Å². The minimum Gasteiger partial charge on any atom is -0.497 e. The summed E-state index contributed by atoms with van der Waals surface area (Å²) in [5.74, 6) is 0.211. The van der Waals surface area contributed by atoms with E-state index in [1.165, 1.54) is 10.9 Å². The first-order valence-corrected chi connectivity index (χ1v) is 7.41. The van der Waals surface area contributed by atoms with Crippen LogP contribution in [0.1, 0.15) is 5.56 Å². The Balaban J connectivity index is 1.63. The maximum absolute atomic E-state index is 12.4. The van der Waals surface area contributed by atoms with Crippen LogP contribution in [0.2, 0.25) is 0 Å². The molecular weight excluding hydrogens is 314 g/mol. The quantitative estimate of drug-likeness (QED) is 0.852. The lowest BCUT2D eigenvalue weighted by Crippen LogP contribution is -2.32. The number of nitrogens with zero attached hydrogens (tertiary/aromatic N) is 2. The normalized spacial score (nSPS) is 16.0. The molecule has 1 aliphatic heterocycles. The Morgan fingerprint density at radius 3 is 3.04 bits per heavy atom. The molecular formula is C16H17N3O5. The van der Waals surface area contributed by atoms with E-state index in [-0.39, 0.29) is 25.0 Å². The fourth-order valence-electron chi connectivity index (χ4n) is 2.53. The van der Waals surface area contributed by atoms with Gasteiger partial charge in [-0.25, -0.2) is 0 Å². The number of carboxylic acids is 1. The van der Waals surface area contributed by atoms with Crippen molar-refractivity contribution in [2.75, 3.05) is 19.0 Å². The number of hydrogen-bond acceptors (Lipinski definition) is 5. The van der Waals surface area contributed by atoms with Gasteiger partial charge in [-0.15, -0.1) is 0 Å². The smallest absolute Gasteiger partial charge is 0.325 e. The number of aromatic nitrogens is 2. The van der Waals surface area contributed by atoms with E-state index in [1.54, 1.807) is 19.2 Å². The minimum absolute atomic E-state index is 0.211. The molecule has 1 aliphatic rings. The Morgan fingerprint density at radius 1 is 1.46 bits per heavy atom. The van der Waals surface area contributed by atoms with Gasteiger partial charge in [0.05, 0.1) is 13.0 Å². The number of ether oxygens (including phenoxy) is 2. The summed E-state index contributed by atoms with van der Waals surface area (Å²) in [6.45, 7) is 0.0133.